The molecule has 2 heterocycles. The first-order valence-electron chi connectivity index (χ1n) is 8.00. The van der Waals surface area contributed by atoms with Crippen LogP contribution < -0.4 is 21.3 Å². The fourth-order valence-electron chi connectivity index (χ4n) is 2.31. The molecule has 1 aromatic carbocycles. The number of aromatic nitrogens is 2. The zero-order valence-electron chi connectivity index (χ0n) is 14.2. The Labute approximate surface area is 148 Å². The van der Waals surface area contributed by atoms with Gasteiger partial charge in [0, 0.05) is 44.0 Å². The normalized spacial score (nSPS) is 11.7. The number of nitrogens with two attached hydrogens (primary N) is 1. The van der Waals surface area contributed by atoms with Crippen LogP contribution >= 0.6 is 0 Å². The Morgan fingerprint density at radius 2 is 2.27 bits per heavy atom. The molecule has 0 unspecified atom stereocenters. The van der Waals surface area contributed by atoms with Crippen molar-refractivity contribution in [2.45, 2.75) is 6.54 Å². The van der Waals surface area contributed by atoms with Crippen LogP contribution in [0.25, 0.3) is 11.1 Å². The van der Waals surface area contributed by atoms with Crippen LogP contribution in [0.15, 0.2) is 57.6 Å². The number of rotatable bonds is 7. The lowest BCUT2D eigenvalue weighted by atomic mass is 10.3. The molecule has 0 aliphatic rings. The first-order chi connectivity index (χ1) is 12.6. The largest absolute Gasteiger partial charge is 0.489 e. The van der Waals surface area contributed by atoms with E-state index in [1.165, 1.54) is 10.6 Å². The maximum Gasteiger partial charge on any atom is 0.295 e. The summed E-state index contributed by atoms with van der Waals surface area (Å²) in [5.74, 6) is 0.533. The Bertz CT molecular complexity index is 994. The summed E-state index contributed by atoms with van der Waals surface area (Å²) in [4.78, 5) is 15.7. The Balaban J connectivity index is 1.68. The van der Waals surface area contributed by atoms with Gasteiger partial charge in [0.15, 0.2) is 5.58 Å². The molecule has 3 N–H and O–H groups in total. The van der Waals surface area contributed by atoms with Gasteiger partial charge in [-0.3, -0.25) is 4.79 Å². The minimum atomic E-state index is -0.0662. The highest BCUT2D eigenvalue weighted by Gasteiger charge is 2.08. The molecule has 7 nitrogen and oxygen atoms in total. The lowest BCUT2D eigenvalue weighted by Gasteiger charge is -2.06. The molecule has 0 aliphatic heterocycles. The second-order valence-electron chi connectivity index (χ2n) is 5.75. The molecule has 0 saturated heterocycles. The van der Waals surface area contributed by atoms with Gasteiger partial charge in [0.2, 0.25) is 5.56 Å². The number of hydrogen-bond acceptors (Lipinski definition) is 6. The van der Waals surface area contributed by atoms with Crippen LogP contribution in [-0.4, -0.2) is 22.7 Å². The first kappa shape index (κ1) is 17.7. The fourth-order valence-corrected chi connectivity index (χ4v) is 2.31. The van der Waals surface area contributed by atoms with Crippen molar-refractivity contribution < 1.29 is 13.5 Å². The molecule has 3 aromatic rings. The Morgan fingerprint density at radius 1 is 1.42 bits per heavy atom. The van der Waals surface area contributed by atoms with E-state index in [0.29, 0.717) is 41.3 Å². The molecule has 2 aromatic heterocycles. The van der Waals surface area contributed by atoms with Gasteiger partial charge >= 0.3 is 0 Å². The third-order valence-corrected chi connectivity index (χ3v) is 3.79. The molecule has 0 bridgehead atoms. The predicted molar refractivity (Wildman–Crippen MR) is 96.8 cm³/mol. The van der Waals surface area contributed by atoms with Crippen molar-refractivity contribution >= 4 is 17.1 Å². The molecular weight excluding hydrogens is 339 g/mol. The Hall–Kier alpha value is -3.13. The van der Waals surface area contributed by atoms with Crippen molar-refractivity contribution in [2.75, 3.05) is 18.5 Å². The second-order valence-corrected chi connectivity index (χ2v) is 5.75. The van der Waals surface area contributed by atoms with E-state index in [0.717, 1.165) is 5.56 Å². The number of aryl methyl sites for hydroxylation is 1. The number of halogens is 1. The standard InChI is InChI=1S/C18H19FN4O3/c1-23-10-12(2-5-17(23)24)9-21-18-22-15-4-3-14(6-16(15)26-18)25-11-13(7-19)8-20/h2-7,10H,8-9,11,20H2,1H3,(H,21,22)/b13-7+. The number of oxazole rings is 1. The molecule has 8 heteroatoms. The zero-order chi connectivity index (χ0) is 18.5. The van der Waals surface area contributed by atoms with Gasteiger partial charge in [-0.25, -0.2) is 4.39 Å². The third-order valence-electron chi connectivity index (χ3n) is 3.79. The van der Waals surface area contributed by atoms with E-state index in [-0.39, 0.29) is 18.7 Å². The molecule has 0 saturated carbocycles. The van der Waals surface area contributed by atoms with E-state index < -0.39 is 0 Å². The lowest BCUT2D eigenvalue weighted by molar-refractivity contribution is 0.347. The van der Waals surface area contributed by atoms with Crippen molar-refractivity contribution in [2.24, 2.45) is 12.8 Å². The maximum absolute atomic E-state index is 12.5. The Morgan fingerprint density at radius 3 is 3.00 bits per heavy atom. The van der Waals surface area contributed by atoms with Crippen molar-refractivity contribution in [1.29, 1.82) is 0 Å². The monoisotopic (exact) mass is 358 g/mol. The maximum atomic E-state index is 12.5. The van der Waals surface area contributed by atoms with Gasteiger partial charge in [0.05, 0.1) is 6.33 Å². The molecule has 0 amide bonds. The molecule has 0 radical (unpaired) electrons. The van der Waals surface area contributed by atoms with Crippen molar-refractivity contribution in [3.05, 3.63) is 64.3 Å². The van der Waals surface area contributed by atoms with Crippen LogP contribution in [0.1, 0.15) is 5.56 Å². The smallest absolute Gasteiger partial charge is 0.295 e. The third kappa shape index (κ3) is 4.09. The lowest BCUT2D eigenvalue weighted by Crippen LogP contribution is -2.15. The first-order valence-corrected chi connectivity index (χ1v) is 8.00. The number of benzene rings is 1. The van der Waals surface area contributed by atoms with Gasteiger partial charge in [-0.1, -0.05) is 6.07 Å². The molecule has 0 atom stereocenters. The van der Waals surface area contributed by atoms with E-state index in [2.05, 4.69) is 10.3 Å². The van der Waals surface area contributed by atoms with E-state index in [1.54, 1.807) is 37.5 Å². The minimum Gasteiger partial charge on any atom is -0.489 e. The number of pyridine rings is 1. The predicted octanol–water partition coefficient (Wildman–Crippen LogP) is 2.33. The highest BCUT2D eigenvalue weighted by atomic mass is 19.1. The minimum absolute atomic E-state index is 0.0662. The summed E-state index contributed by atoms with van der Waals surface area (Å²) in [5, 5.41) is 3.08. The van der Waals surface area contributed by atoms with E-state index >= 15 is 0 Å². The number of ether oxygens (including phenoxy) is 1. The van der Waals surface area contributed by atoms with Gasteiger partial charge in [0.1, 0.15) is 17.9 Å². The molecule has 3 rings (SSSR count). The van der Waals surface area contributed by atoms with Crippen LogP contribution in [0.2, 0.25) is 0 Å². The second kappa shape index (κ2) is 7.83. The highest BCUT2D eigenvalue weighted by molar-refractivity contribution is 5.76. The van der Waals surface area contributed by atoms with E-state index in [9.17, 15) is 9.18 Å². The Kier molecular flexibility index (Phi) is 5.33. The quantitative estimate of drug-likeness (QED) is 0.673. The van der Waals surface area contributed by atoms with Gasteiger partial charge in [-0.2, -0.15) is 4.98 Å². The van der Waals surface area contributed by atoms with Gasteiger partial charge in [-0.05, 0) is 17.7 Å². The number of fused-ring (bicyclic) bond motifs is 1. The topological polar surface area (TPSA) is 95.3 Å². The SMILES string of the molecule is Cn1cc(CNc2nc3ccc(OC/C(=C/F)CN)cc3o2)ccc1=O. The van der Waals surface area contributed by atoms with Gasteiger partial charge in [0.25, 0.3) is 6.01 Å². The van der Waals surface area contributed by atoms with Crippen molar-refractivity contribution in [1.82, 2.24) is 9.55 Å². The van der Waals surface area contributed by atoms with Crippen LogP contribution in [0.4, 0.5) is 10.4 Å². The summed E-state index contributed by atoms with van der Waals surface area (Å²) in [7, 11) is 1.70. The number of hydrogen-bond donors (Lipinski definition) is 2. The average molecular weight is 358 g/mol. The molecule has 136 valence electrons. The average Bonchev–Trinajstić information content (AvgIpc) is 3.05. The van der Waals surface area contributed by atoms with Crippen LogP contribution in [0.5, 0.6) is 5.75 Å². The molecule has 0 fully saturated rings. The van der Waals surface area contributed by atoms with Gasteiger partial charge in [-0.15, -0.1) is 0 Å². The zero-order valence-corrected chi connectivity index (χ0v) is 14.2. The van der Waals surface area contributed by atoms with E-state index in [1.807, 2.05) is 0 Å². The van der Waals surface area contributed by atoms with Crippen LogP contribution in [-0.2, 0) is 13.6 Å². The summed E-state index contributed by atoms with van der Waals surface area (Å²) in [6.07, 6.45) is 2.20. The number of nitrogens with one attached hydrogen (secondary N) is 1. The van der Waals surface area contributed by atoms with Crippen molar-refractivity contribution in [3.63, 3.8) is 0 Å². The van der Waals surface area contributed by atoms with Crippen molar-refractivity contribution in [3.8, 4) is 5.75 Å². The number of anilines is 1. The summed E-state index contributed by atoms with van der Waals surface area (Å²) < 4.78 is 25.2. The summed E-state index contributed by atoms with van der Waals surface area (Å²) in [6, 6.07) is 8.79. The fraction of sp³-hybridized carbons (Fsp3) is 0.222. The molecule has 0 spiro atoms. The van der Waals surface area contributed by atoms with Crippen LogP contribution in [0.3, 0.4) is 0 Å². The molecule has 26 heavy (non-hydrogen) atoms. The van der Waals surface area contributed by atoms with Crippen LogP contribution in [0, 0.1) is 0 Å². The number of nitrogens with zero attached hydrogens (tertiary/aromatic N) is 2. The van der Waals surface area contributed by atoms with Gasteiger partial charge < -0.3 is 24.8 Å². The molecule has 0 aliphatic carbocycles. The van der Waals surface area contributed by atoms with E-state index in [4.69, 9.17) is 14.9 Å². The summed E-state index contributed by atoms with van der Waals surface area (Å²) >= 11 is 0. The molecular formula is C18H19FN4O3. The summed E-state index contributed by atoms with van der Waals surface area (Å²) in [6.45, 7) is 0.635. The summed E-state index contributed by atoms with van der Waals surface area (Å²) in [5.41, 5.74) is 7.83. The highest BCUT2D eigenvalue weighted by Crippen LogP contribution is 2.24.